The number of ether oxygens (including phenoxy) is 2. The lowest BCUT2D eigenvalue weighted by molar-refractivity contribution is -0.139. The Morgan fingerprint density at radius 2 is 1.77 bits per heavy atom. The van der Waals surface area contributed by atoms with Crippen molar-refractivity contribution >= 4 is 27.5 Å². The molecular weight excluding hydrogens is 447 g/mol. The van der Waals surface area contributed by atoms with Crippen LogP contribution in [-0.2, 0) is 14.8 Å². The van der Waals surface area contributed by atoms with Crippen molar-refractivity contribution in [2.24, 2.45) is 5.14 Å². The average molecular weight is 469 g/mol. The maximum atomic E-state index is 13.1. The fourth-order valence-electron chi connectivity index (χ4n) is 4.37. The number of hydrogen-bond donors (Lipinski definition) is 1. The van der Waals surface area contributed by atoms with Crippen LogP contribution in [0.15, 0.2) is 47.4 Å². The molecule has 0 aliphatic carbocycles. The van der Waals surface area contributed by atoms with Crippen LogP contribution in [0, 0.1) is 5.82 Å². The molecule has 2 heterocycles. The molecule has 31 heavy (non-hydrogen) atoms. The van der Waals surface area contributed by atoms with Crippen molar-refractivity contribution < 1.29 is 27.1 Å². The fraction of sp³-hybridized carbons (Fsp3) is 0.381. The molecule has 1 amide bonds. The predicted molar refractivity (Wildman–Crippen MR) is 112 cm³/mol. The Hall–Kier alpha value is -2.36. The molecule has 1 unspecified atom stereocenters. The van der Waals surface area contributed by atoms with Crippen molar-refractivity contribution in [3.63, 3.8) is 0 Å². The van der Waals surface area contributed by atoms with E-state index < -0.39 is 10.0 Å². The molecule has 10 heteroatoms. The van der Waals surface area contributed by atoms with Gasteiger partial charge in [0.05, 0.1) is 0 Å². The first kappa shape index (κ1) is 21.9. The highest BCUT2D eigenvalue weighted by atomic mass is 35.5. The van der Waals surface area contributed by atoms with Gasteiger partial charge in [0.1, 0.15) is 28.3 Å². The number of carbonyl (C=O) groups is 1. The van der Waals surface area contributed by atoms with E-state index in [2.05, 4.69) is 0 Å². The highest BCUT2D eigenvalue weighted by Crippen LogP contribution is 2.37. The molecule has 2 bridgehead atoms. The molecule has 2 aliphatic heterocycles. The summed E-state index contributed by atoms with van der Waals surface area (Å²) in [6.07, 6.45) is 3.01. The topological polar surface area (TPSA) is 98.9 Å². The van der Waals surface area contributed by atoms with Crippen LogP contribution in [-0.4, -0.2) is 44.0 Å². The number of primary sulfonamides is 1. The first-order chi connectivity index (χ1) is 14.7. The largest absolute Gasteiger partial charge is 0.490 e. The standard InChI is InChI=1S/C21H22ClFN2O5S/c22-13-1-8-19(20(9-13)31(24,27)28)29-12-21(26)25-15-4-5-16(25)11-18(10-15)30-17-6-2-14(23)3-7-17/h1-3,6-9,15-16,18H,4-5,10-12H2,(H2,24,27,28)/t15-,16+,18?. The fourth-order valence-corrected chi connectivity index (χ4v) is 5.31. The van der Waals surface area contributed by atoms with Gasteiger partial charge in [-0.3, -0.25) is 4.79 Å². The van der Waals surface area contributed by atoms with Gasteiger partial charge in [0.2, 0.25) is 10.0 Å². The molecular formula is C21H22ClFN2O5S. The number of carbonyl (C=O) groups excluding carboxylic acids is 1. The molecule has 0 aromatic heterocycles. The summed E-state index contributed by atoms with van der Waals surface area (Å²) in [5, 5.41) is 5.42. The number of fused-ring (bicyclic) bond motifs is 2. The molecule has 2 aliphatic rings. The minimum atomic E-state index is -4.05. The number of nitrogens with zero attached hydrogens (tertiary/aromatic N) is 1. The number of rotatable bonds is 6. The summed E-state index contributed by atoms with van der Waals surface area (Å²) in [6, 6.07) is 9.98. The highest BCUT2D eigenvalue weighted by molar-refractivity contribution is 7.89. The summed E-state index contributed by atoms with van der Waals surface area (Å²) in [6.45, 7) is -0.305. The average Bonchev–Trinajstić information content (AvgIpc) is 2.98. The summed E-state index contributed by atoms with van der Waals surface area (Å²) in [4.78, 5) is 14.4. The summed E-state index contributed by atoms with van der Waals surface area (Å²) >= 11 is 5.85. The van der Waals surface area contributed by atoms with Crippen molar-refractivity contribution in [3.05, 3.63) is 53.3 Å². The molecule has 166 valence electrons. The molecule has 2 aromatic rings. The quantitative estimate of drug-likeness (QED) is 0.702. The maximum absolute atomic E-state index is 13.1. The van der Waals surface area contributed by atoms with E-state index in [-0.39, 0.29) is 52.2 Å². The smallest absolute Gasteiger partial charge is 0.261 e. The van der Waals surface area contributed by atoms with E-state index >= 15 is 0 Å². The van der Waals surface area contributed by atoms with Gasteiger partial charge < -0.3 is 14.4 Å². The van der Waals surface area contributed by atoms with Crippen LogP contribution in [0.2, 0.25) is 5.02 Å². The molecule has 3 atom stereocenters. The van der Waals surface area contributed by atoms with Gasteiger partial charge in [-0.2, -0.15) is 0 Å². The molecule has 2 N–H and O–H groups in total. The summed E-state index contributed by atoms with van der Waals surface area (Å²) in [5.41, 5.74) is 0. The number of sulfonamides is 1. The zero-order valence-electron chi connectivity index (χ0n) is 16.5. The van der Waals surface area contributed by atoms with Gasteiger partial charge in [-0.1, -0.05) is 11.6 Å². The van der Waals surface area contributed by atoms with Crippen LogP contribution >= 0.6 is 11.6 Å². The zero-order valence-corrected chi connectivity index (χ0v) is 18.1. The maximum Gasteiger partial charge on any atom is 0.261 e. The number of halogens is 2. The molecule has 2 fully saturated rings. The Balaban J connectivity index is 1.39. The van der Waals surface area contributed by atoms with Crippen molar-refractivity contribution in [2.45, 2.75) is 48.8 Å². The molecule has 2 aromatic carbocycles. The lowest BCUT2D eigenvalue weighted by Gasteiger charge is -2.38. The predicted octanol–water partition coefficient (Wildman–Crippen LogP) is 3.11. The molecule has 0 saturated carbocycles. The Kier molecular flexibility index (Phi) is 6.09. The zero-order chi connectivity index (χ0) is 22.2. The second-order valence-corrected chi connectivity index (χ2v) is 9.74. The van der Waals surface area contributed by atoms with E-state index in [0.29, 0.717) is 18.6 Å². The van der Waals surface area contributed by atoms with Gasteiger partial charge in [0, 0.05) is 29.9 Å². The van der Waals surface area contributed by atoms with E-state index in [0.717, 1.165) is 12.8 Å². The van der Waals surface area contributed by atoms with Gasteiger partial charge in [0.25, 0.3) is 5.91 Å². The van der Waals surface area contributed by atoms with Crippen molar-refractivity contribution in [3.8, 4) is 11.5 Å². The SMILES string of the molecule is NS(=O)(=O)c1cc(Cl)ccc1OCC(=O)N1[C@@H]2CC[C@H]1CC(Oc1ccc(F)cc1)C2. The summed E-state index contributed by atoms with van der Waals surface area (Å²) < 4.78 is 48.1. The Morgan fingerprint density at radius 3 is 2.39 bits per heavy atom. The third-order valence-electron chi connectivity index (χ3n) is 5.66. The number of amides is 1. The van der Waals surface area contributed by atoms with Crippen LogP contribution < -0.4 is 14.6 Å². The van der Waals surface area contributed by atoms with Gasteiger partial charge in [-0.05, 0) is 55.3 Å². The van der Waals surface area contributed by atoms with Crippen LogP contribution in [0.4, 0.5) is 4.39 Å². The summed E-state index contributed by atoms with van der Waals surface area (Å²) in [5.74, 6) is 0.0523. The Morgan fingerprint density at radius 1 is 1.13 bits per heavy atom. The normalized spacial score (nSPS) is 22.9. The van der Waals surface area contributed by atoms with Crippen molar-refractivity contribution in [1.82, 2.24) is 4.90 Å². The monoisotopic (exact) mass is 468 g/mol. The number of nitrogens with two attached hydrogens (primary N) is 1. The molecule has 0 radical (unpaired) electrons. The minimum Gasteiger partial charge on any atom is -0.490 e. The van der Waals surface area contributed by atoms with Gasteiger partial charge in [-0.25, -0.2) is 17.9 Å². The molecule has 7 nitrogen and oxygen atoms in total. The molecule has 2 saturated heterocycles. The van der Waals surface area contributed by atoms with Gasteiger partial charge >= 0.3 is 0 Å². The van der Waals surface area contributed by atoms with Gasteiger partial charge in [-0.15, -0.1) is 0 Å². The van der Waals surface area contributed by atoms with E-state index in [1.165, 1.54) is 30.3 Å². The first-order valence-corrected chi connectivity index (χ1v) is 11.8. The van der Waals surface area contributed by atoms with E-state index in [1.807, 2.05) is 4.90 Å². The number of hydrogen-bond acceptors (Lipinski definition) is 5. The third-order valence-corrected chi connectivity index (χ3v) is 6.82. The third kappa shape index (κ3) is 4.94. The van der Waals surface area contributed by atoms with Crippen LogP contribution in [0.5, 0.6) is 11.5 Å². The van der Waals surface area contributed by atoms with Crippen molar-refractivity contribution in [1.29, 1.82) is 0 Å². The first-order valence-electron chi connectivity index (χ1n) is 9.89. The van der Waals surface area contributed by atoms with Crippen LogP contribution in [0.25, 0.3) is 0 Å². The van der Waals surface area contributed by atoms with Crippen molar-refractivity contribution in [2.75, 3.05) is 6.61 Å². The Labute approximate surface area is 184 Å². The number of piperidine rings is 1. The van der Waals surface area contributed by atoms with Gasteiger partial charge in [0.15, 0.2) is 6.61 Å². The molecule has 0 spiro atoms. The van der Waals surface area contributed by atoms with E-state index in [4.69, 9.17) is 26.2 Å². The van der Waals surface area contributed by atoms with E-state index in [9.17, 15) is 17.6 Å². The molecule has 4 rings (SSSR count). The second-order valence-electron chi connectivity index (χ2n) is 7.78. The lowest BCUT2D eigenvalue weighted by atomic mass is 9.99. The van der Waals surface area contributed by atoms with E-state index in [1.54, 1.807) is 12.1 Å². The van der Waals surface area contributed by atoms with Crippen LogP contribution in [0.3, 0.4) is 0 Å². The summed E-state index contributed by atoms with van der Waals surface area (Å²) in [7, 11) is -4.05. The highest BCUT2D eigenvalue weighted by Gasteiger charge is 2.44. The lowest BCUT2D eigenvalue weighted by Crippen LogP contribution is -2.50. The minimum absolute atomic E-state index is 0.0119. The second kappa shape index (κ2) is 8.64. The van der Waals surface area contributed by atoms with Crippen LogP contribution in [0.1, 0.15) is 25.7 Å². The Bertz CT molecular complexity index is 1070. The number of benzene rings is 2.